The van der Waals surface area contributed by atoms with Crippen LogP contribution in [-0.2, 0) is 0 Å². The Labute approximate surface area is 135 Å². The fraction of sp³-hybridized carbons (Fsp3) is 0. The summed E-state index contributed by atoms with van der Waals surface area (Å²) in [5.74, 6) is -1.57. The summed E-state index contributed by atoms with van der Waals surface area (Å²) in [5, 5.41) is 5.33. The molecule has 0 spiro atoms. The molecule has 0 aliphatic heterocycles. The van der Waals surface area contributed by atoms with Gasteiger partial charge in [-0.05, 0) is 24.3 Å². The average Bonchev–Trinajstić information content (AvgIpc) is 2.56. The molecule has 0 bridgehead atoms. The number of para-hydroxylation sites is 1. The molecule has 8 heteroatoms. The van der Waals surface area contributed by atoms with Gasteiger partial charge in [0, 0.05) is 6.07 Å². The third-order valence-corrected chi connectivity index (χ3v) is 3.19. The highest BCUT2D eigenvalue weighted by Gasteiger charge is 2.12. The van der Waals surface area contributed by atoms with E-state index in [0.29, 0.717) is 0 Å². The minimum absolute atomic E-state index is 0.0319. The van der Waals surface area contributed by atoms with Crippen LogP contribution < -0.4 is 16.4 Å². The molecule has 2 aromatic carbocycles. The molecule has 0 saturated heterocycles. The summed E-state index contributed by atoms with van der Waals surface area (Å²) in [7, 11) is 0. The molecule has 0 amide bonds. The third-order valence-electron chi connectivity index (χ3n) is 3.19. The summed E-state index contributed by atoms with van der Waals surface area (Å²) >= 11 is 0. The number of nitrogens with one attached hydrogen (secondary N) is 2. The van der Waals surface area contributed by atoms with Crippen molar-refractivity contribution in [1.29, 1.82) is 0 Å². The number of halogens is 3. The molecule has 3 aromatic rings. The number of hydrogen-bond donors (Lipinski definition) is 3. The fourth-order valence-corrected chi connectivity index (χ4v) is 2.01. The summed E-state index contributed by atoms with van der Waals surface area (Å²) in [6, 6.07) is 8.92. The molecule has 24 heavy (non-hydrogen) atoms. The van der Waals surface area contributed by atoms with Gasteiger partial charge in [-0.15, -0.1) is 0 Å². The van der Waals surface area contributed by atoms with Crippen LogP contribution in [0.5, 0.6) is 0 Å². The molecule has 1 aromatic heterocycles. The second-order valence-electron chi connectivity index (χ2n) is 4.84. The van der Waals surface area contributed by atoms with Crippen LogP contribution in [-0.4, -0.2) is 9.97 Å². The Balaban J connectivity index is 1.91. The zero-order chi connectivity index (χ0) is 17.1. The Kier molecular flexibility index (Phi) is 4.19. The number of hydrogen-bond acceptors (Lipinski definition) is 5. The molecule has 0 aliphatic carbocycles. The van der Waals surface area contributed by atoms with E-state index >= 15 is 0 Å². The second-order valence-corrected chi connectivity index (χ2v) is 4.84. The molecule has 3 rings (SSSR count). The van der Waals surface area contributed by atoms with Gasteiger partial charge in [-0.3, -0.25) is 0 Å². The van der Waals surface area contributed by atoms with Crippen LogP contribution >= 0.6 is 0 Å². The van der Waals surface area contributed by atoms with Crippen molar-refractivity contribution in [1.82, 2.24) is 9.97 Å². The van der Waals surface area contributed by atoms with Crippen LogP contribution in [0, 0.1) is 17.5 Å². The van der Waals surface area contributed by atoms with Gasteiger partial charge in [0.1, 0.15) is 29.5 Å². The minimum Gasteiger partial charge on any atom is -0.393 e. The lowest BCUT2D eigenvalue weighted by Crippen LogP contribution is -2.06. The van der Waals surface area contributed by atoms with Crippen molar-refractivity contribution in [2.24, 2.45) is 0 Å². The van der Waals surface area contributed by atoms with Crippen LogP contribution in [0.1, 0.15) is 0 Å². The lowest BCUT2D eigenvalue weighted by Gasteiger charge is -2.13. The Bertz CT molecular complexity index is 885. The maximum Gasteiger partial charge on any atom is 0.159 e. The van der Waals surface area contributed by atoms with E-state index in [1.165, 1.54) is 18.5 Å². The van der Waals surface area contributed by atoms with Gasteiger partial charge in [-0.1, -0.05) is 12.1 Å². The van der Waals surface area contributed by atoms with E-state index in [1.54, 1.807) is 12.1 Å². The lowest BCUT2D eigenvalue weighted by molar-refractivity contribution is 0.603. The number of aromatic nitrogens is 2. The van der Waals surface area contributed by atoms with E-state index in [2.05, 4.69) is 20.6 Å². The monoisotopic (exact) mass is 331 g/mol. The van der Waals surface area contributed by atoms with Crippen molar-refractivity contribution in [3.05, 3.63) is 66.2 Å². The van der Waals surface area contributed by atoms with E-state index in [-0.39, 0.29) is 28.7 Å². The molecule has 5 nitrogen and oxygen atoms in total. The summed E-state index contributed by atoms with van der Waals surface area (Å²) in [4.78, 5) is 7.83. The highest BCUT2D eigenvalue weighted by Crippen LogP contribution is 2.29. The normalized spacial score (nSPS) is 10.5. The highest BCUT2D eigenvalue weighted by atomic mass is 19.1. The topological polar surface area (TPSA) is 75.9 Å². The van der Waals surface area contributed by atoms with E-state index in [4.69, 9.17) is 5.73 Å². The summed E-state index contributed by atoms with van der Waals surface area (Å²) in [6.07, 6.45) is 1.17. The first-order valence-corrected chi connectivity index (χ1v) is 6.88. The maximum atomic E-state index is 13.7. The van der Waals surface area contributed by atoms with E-state index in [9.17, 15) is 13.2 Å². The first-order valence-electron chi connectivity index (χ1n) is 6.88. The largest absolute Gasteiger partial charge is 0.393 e. The van der Waals surface area contributed by atoms with Gasteiger partial charge in [0.2, 0.25) is 0 Å². The molecule has 0 radical (unpaired) electrons. The number of benzene rings is 2. The van der Waals surface area contributed by atoms with Gasteiger partial charge >= 0.3 is 0 Å². The second kappa shape index (κ2) is 6.45. The summed E-state index contributed by atoms with van der Waals surface area (Å²) < 4.78 is 40.6. The number of anilines is 5. The van der Waals surface area contributed by atoms with Gasteiger partial charge in [0.15, 0.2) is 11.6 Å². The molecule has 1 heterocycles. The van der Waals surface area contributed by atoms with Gasteiger partial charge < -0.3 is 16.4 Å². The number of nitrogens with two attached hydrogens (primary N) is 1. The zero-order valence-corrected chi connectivity index (χ0v) is 12.2. The van der Waals surface area contributed by atoms with Crippen LogP contribution in [0.2, 0.25) is 0 Å². The maximum absolute atomic E-state index is 13.7. The Morgan fingerprint density at radius 1 is 0.792 bits per heavy atom. The van der Waals surface area contributed by atoms with E-state index in [1.807, 2.05) is 0 Å². The van der Waals surface area contributed by atoms with Crippen molar-refractivity contribution in [3.8, 4) is 0 Å². The molecule has 0 atom stereocenters. The summed E-state index contributed by atoms with van der Waals surface area (Å²) in [5.41, 5.74) is 6.00. The molecule has 0 aliphatic rings. The third kappa shape index (κ3) is 3.22. The van der Waals surface area contributed by atoms with Crippen molar-refractivity contribution in [3.63, 3.8) is 0 Å². The van der Waals surface area contributed by atoms with Gasteiger partial charge in [-0.25, -0.2) is 23.1 Å². The SMILES string of the molecule is Nc1c(Nc2ccccc2F)ncnc1Nc1cc(F)ccc1F. The van der Waals surface area contributed by atoms with Crippen LogP contribution in [0.15, 0.2) is 48.8 Å². The van der Waals surface area contributed by atoms with E-state index in [0.717, 1.165) is 18.2 Å². The van der Waals surface area contributed by atoms with E-state index < -0.39 is 17.5 Å². The standard InChI is InChI=1S/C16H12F3N5/c17-9-5-6-11(19)13(7-9)24-16-14(20)15(21-8-22-16)23-12-4-2-1-3-10(12)18/h1-8H,20H2,(H2,21,22,23,24). The smallest absolute Gasteiger partial charge is 0.159 e. The van der Waals surface area contributed by atoms with Gasteiger partial charge in [0.05, 0.1) is 11.4 Å². The molecule has 0 saturated carbocycles. The number of rotatable bonds is 4. The first-order chi connectivity index (χ1) is 11.5. The molecular weight excluding hydrogens is 319 g/mol. The van der Waals surface area contributed by atoms with Crippen molar-refractivity contribution in [2.75, 3.05) is 16.4 Å². The van der Waals surface area contributed by atoms with Crippen LogP contribution in [0.25, 0.3) is 0 Å². The number of nitrogen functional groups attached to an aromatic ring is 1. The highest BCUT2D eigenvalue weighted by molar-refractivity contribution is 5.80. The van der Waals surface area contributed by atoms with Gasteiger partial charge in [-0.2, -0.15) is 0 Å². The Hall–Kier alpha value is -3.29. The number of nitrogens with zero attached hydrogens (tertiary/aromatic N) is 2. The molecule has 4 N–H and O–H groups in total. The van der Waals surface area contributed by atoms with Crippen molar-refractivity contribution in [2.45, 2.75) is 0 Å². The Morgan fingerprint density at radius 2 is 1.42 bits per heavy atom. The molecular formula is C16H12F3N5. The molecule has 122 valence electrons. The van der Waals surface area contributed by atoms with Gasteiger partial charge in [0.25, 0.3) is 0 Å². The molecule has 0 fully saturated rings. The zero-order valence-electron chi connectivity index (χ0n) is 12.2. The quantitative estimate of drug-likeness (QED) is 0.674. The minimum atomic E-state index is -0.668. The first kappa shape index (κ1) is 15.6. The predicted molar refractivity (Wildman–Crippen MR) is 85.8 cm³/mol. The van der Waals surface area contributed by atoms with Crippen molar-refractivity contribution >= 4 is 28.7 Å². The average molecular weight is 331 g/mol. The van der Waals surface area contributed by atoms with Crippen LogP contribution in [0.4, 0.5) is 41.9 Å². The lowest BCUT2D eigenvalue weighted by atomic mass is 10.2. The summed E-state index contributed by atoms with van der Waals surface area (Å²) in [6.45, 7) is 0. The van der Waals surface area contributed by atoms with Crippen LogP contribution in [0.3, 0.4) is 0 Å². The Morgan fingerprint density at radius 3 is 2.12 bits per heavy atom. The van der Waals surface area contributed by atoms with Crippen molar-refractivity contribution < 1.29 is 13.2 Å². The molecule has 0 unspecified atom stereocenters. The predicted octanol–water partition coefficient (Wildman–Crippen LogP) is 3.96. The fourth-order valence-electron chi connectivity index (χ4n) is 2.01.